The average molecular weight is 1270 g/mol. The van der Waals surface area contributed by atoms with Crippen LogP contribution in [0.25, 0.3) is 0 Å². The number of carbonyl (C=O) groups excluding carboxylic acids is 11. The van der Waals surface area contributed by atoms with Crippen LogP contribution >= 0.6 is 0 Å². The molecule has 0 bridgehead atoms. The molecule has 0 saturated heterocycles. The van der Waals surface area contributed by atoms with E-state index in [0.717, 1.165) is 14.7 Å². The Morgan fingerprint density at radius 3 is 1.46 bits per heavy atom. The molecular weight excluding hydrogens is 1150 g/mol. The van der Waals surface area contributed by atoms with Crippen LogP contribution < -0.4 is 21.7 Å². The molecule has 510 valence electrons. The monoisotopic (exact) mass is 1270 g/mol. The summed E-state index contributed by atoms with van der Waals surface area (Å²) in [5.74, 6) is -8.92. The van der Waals surface area contributed by atoms with Crippen LogP contribution in [0.4, 0.5) is 0 Å². The van der Waals surface area contributed by atoms with Gasteiger partial charge in [-0.05, 0) is 106 Å². The van der Waals surface area contributed by atoms with E-state index in [1.165, 1.54) is 88.0 Å². The number of aromatic hydroxyl groups is 1. The van der Waals surface area contributed by atoms with E-state index in [4.69, 9.17) is 5.73 Å². The summed E-state index contributed by atoms with van der Waals surface area (Å²) in [5, 5.41) is 30.0. The number of allylic oxidation sites excluding steroid dienone is 2. The number of nitrogens with two attached hydrogens (primary N) is 1. The molecule has 24 nitrogen and oxygen atoms in total. The van der Waals surface area contributed by atoms with Crippen molar-refractivity contribution >= 4 is 65.0 Å². The van der Waals surface area contributed by atoms with Crippen LogP contribution in [-0.2, 0) is 59.2 Å². The zero-order valence-electron chi connectivity index (χ0n) is 58.3. The lowest BCUT2D eigenvalue weighted by Gasteiger charge is -2.41. The summed E-state index contributed by atoms with van der Waals surface area (Å²) in [5.41, 5.74) is 6.32. The molecule has 0 aliphatic carbocycles. The first-order valence-corrected chi connectivity index (χ1v) is 31.7. The maximum absolute atomic E-state index is 15.2. The zero-order chi connectivity index (χ0) is 69.7. The van der Waals surface area contributed by atoms with Crippen molar-refractivity contribution in [3.05, 3.63) is 42.0 Å². The third-order valence-corrected chi connectivity index (χ3v) is 17.0. The van der Waals surface area contributed by atoms with E-state index < -0.39 is 138 Å². The van der Waals surface area contributed by atoms with Crippen molar-refractivity contribution in [2.75, 3.05) is 55.9 Å². The summed E-state index contributed by atoms with van der Waals surface area (Å²) in [6, 6.07) is -4.73. The molecule has 24 heteroatoms. The lowest BCUT2D eigenvalue weighted by molar-refractivity contribution is -0.157. The molecule has 1 rings (SSSR count). The number of amides is 11. The van der Waals surface area contributed by atoms with Crippen molar-refractivity contribution in [3.63, 3.8) is 0 Å². The molecule has 0 aliphatic heterocycles. The quantitative estimate of drug-likeness (QED) is 0.0522. The van der Waals surface area contributed by atoms with E-state index in [1.807, 2.05) is 55.4 Å². The molecular formula is C66H113N11O13. The standard InChI is InChI=1S/C66H113N11O13/c1-24-26-27-42(13)56(80)55(60(84)69-48(25-2)63(87)71(17)36-53(79)73(19)50(57(67)81)35-46-28-30-47(78)31-29-46)77(23)66(90)54(41(11)12)76(22)65(89)52(34-39(7)8)75(21)64(88)51(33-38(5)6)74(20)62(86)44(15)68-59(83)49(32-37(3)4)70-58(82)45(16)72(18)61(85)43(14)40(9)10/h24,26,28-31,37-45,48-52,54-56,78,80H,25,27,32-36H2,1-23H3,(H2,67,81)(H,68,83)(H,69,84)(H,70,82)/b26-24-/t42-,43-,44+,45+,48+,49-,50+,51-,52-,54-,55?,56+/m1/s1. The SMILES string of the molecule is C/C=C\C[C@@H](C)[C@H](O)C(C(=O)N[C@@H](CC)C(=O)N(C)CC(=O)N(C)[C@@H](Cc1ccc(O)cc1)C(N)=O)N(C)C(=O)[C@@H](C(C)C)N(C)C(=O)[C@@H](CC(C)C)N(C)C(=O)[C@@H](CC(C)C)N(C)C(=O)[C@H](C)NC(=O)[C@@H](CC(C)C)NC(=O)[C@H](C)N(C)C(=O)[C@H](C)C(C)C. The Kier molecular flexibility index (Phi) is 33.5. The van der Waals surface area contributed by atoms with E-state index in [1.54, 1.807) is 72.8 Å². The van der Waals surface area contributed by atoms with Gasteiger partial charge in [0.05, 0.1) is 12.6 Å². The Morgan fingerprint density at radius 1 is 0.522 bits per heavy atom. The predicted octanol–water partition coefficient (Wildman–Crippen LogP) is 3.79. The Balaban J connectivity index is 3.66. The molecule has 0 aromatic heterocycles. The minimum atomic E-state index is -1.63. The van der Waals surface area contributed by atoms with Gasteiger partial charge in [0, 0.05) is 61.7 Å². The highest BCUT2D eigenvalue weighted by atomic mass is 16.3. The lowest BCUT2D eigenvalue weighted by atomic mass is 9.91. The van der Waals surface area contributed by atoms with Crippen LogP contribution in [-0.4, -0.2) is 226 Å². The van der Waals surface area contributed by atoms with E-state index in [9.17, 15) is 48.6 Å². The molecule has 0 spiro atoms. The fraction of sp³-hybridized carbons (Fsp3) is 0.712. The zero-order valence-corrected chi connectivity index (χ0v) is 58.3. The van der Waals surface area contributed by atoms with Gasteiger partial charge in [-0.25, -0.2) is 0 Å². The molecule has 0 radical (unpaired) electrons. The molecule has 7 N–H and O–H groups in total. The number of aliphatic hydroxyl groups is 1. The number of benzene rings is 1. The fourth-order valence-corrected chi connectivity index (χ4v) is 10.6. The maximum Gasteiger partial charge on any atom is 0.246 e. The van der Waals surface area contributed by atoms with Crippen molar-refractivity contribution in [1.29, 1.82) is 0 Å². The van der Waals surface area contributed by atoms with E-state index in [-0.39, 0.29) is 73.4 Å². The fourth-order valence-electron chi connectivity index (χ4n) is 10.6. The third kappa shape index (κ3) is 23.3. The predicted molar refractivity (Wildman–Crippen MR) is 347 cm³/mol. The van der Waals surface area contributed by atoms with Gasteiger partial charge >= 0.3 is 0 Å². The largest absolute Gasteiger partial charge is 0.508 e. The molecule has 0 aliphatic rings. The summed E-state index contributed by atoms with van der Waals surface area (Å²) in [6.07, 6.45) is 2.90. The van der Waals surface area contributed by atoms with E-state index >= 15 is 14.4 Å². The van der Waals surface area contributed by atoms with Crippen molar-refractivity contribution in [2.24, 2.45) is 47.2 Å². The molecule has 12 atom stereocenters. The molecule has 1 aromatic rings. The number of likely N-dealkylation sites (N-methyl/N-ethyl adjacent to an activating group) is 7. The van der Waals surface area contributed by atoms with E-state index in [0.29, 0.717) is 12.0 Å². The van der Waals surface area contributed by atoms with Gasteiger partial charge in [0.2, 0.25) is 65.0 Å². The number of nitrogens with zero attached hydrogens (tertiary/aromatic N) is 7. The smallest absolute Gasteiger partial charge is 0.246 e. The van der Waals surface area contributed by atoms with Crippen LogP contribution in [0, 0.1) is 41.4 Å². The second-order valence-electron chi connectivity index (χ2n) is 26.5. The minimum Gasteiger partial charge on any atom is -0.508 e. The van der Waals surface area contributed by atoms with Crippen LogP contribution in [0.2, 0.25) is 0 Å². The average Bonchev–Trinajstić information content (AvgIpc) is 0.910. The van der Waals surface area contributed by atoms with Crippen LogP contribution in [0.5, 0.6) is 5.75 Å². The topological polar surface area (TPSA) is 313 Å². The number of phenolic OH excluding ortho intramolecular Hbond substituents is 1. The number of primary amides is 1. The molecule has 11 amide bonds. The third-order valence-electron chi connectivity index (χ3n) is 17.0. The summed E-state index contributed by atoms with van der Waals surface area (Å²) >= 11 is 0. The number of carbonyl (C=O) groups is 11. The minimum absolute atomic E-state index is 0.0110. The van der Waals surface area contributed by atoms with Crippen molar-refractivity contribution < 1.29 is 63.0 Å². The van der Waals surface area contributed by atoms with Gasteiger partial charge < -0.3 is 66.2 Å². The number of aliphatic hydroxyl groups excluding tert-OH is 1. The molecule has 0 heterocycles. The Morgan fingerprint density at radius 2 is 1.00 bits per heavy atom. The van der Waals surface area contributed by atoms with E-state index in [2.05, 4.69) is 16.0 Å². The molecule has 1 unspecified atom stereocenters. The highest BCUT2D eigenvalue weighted by Gasteiger charge is 2.45. The first-order valence-electron chi connectivity index (χ1n) is 31.7. The first kappa shape index (κ1) is 80.9. The summed E-state index contributed by atoms with van der Waals surface area (Å²) in [6.45, 7) is 27.9. The maximum atomic E-state index is 15.2. The number of hydrogen-bond acceptors (Lipinski definition) is 13. The normalized spacial score (nSPS) is 15.7. The van der Waals surface area contributed by atoms with Gasteiger partial charge in [0.15, 0.2) is 0 Å². The van der Waals surface area contributed by atoms with Gasteiger partial charge in [0.1, 0.15) is 60.1 Å². The van der Waals surface area contributed by atoms with Gasteiger partial charge in [-0.1, -0.05) is 114 Å². The second-order valence-corrected chi connectivity index (χ2v) is 26.5. The number of phenols is 1. The van der Waals surface area contributed by atoms with Crippen LogP contribution in [0.3, 0.4) is 0 Å². The Labute approximate surface area is 536 Å². The Hall–Kier alpha value is -7.11. The number of rotatable bonds is 36. The van der Waals surface area contributed by atoms with Crippen LogP contribution in [0.15, 0.2) is 36.4 Å². The lowest BCUT2D eigenvalue weighted by Crippen LogP contribution is -2.63. The summed E-state index contributed by atoms with van der Waals surface area (Å²) in [7, 11) is 9.93. The molecule has 90 heavy (non-hydrogen) atoms. The molecule has 0 saturated carbocycles. The molecule has 1 aromatic carbocycles. The van der Waals surface area contributed by atoms with Gasteiger partial charge in [-0.2, -0.15) is 0 Å². The second kappa shape index (κ2) is 37.3. The van der Waals surface area contributed by atoms with Crippen molar-refractivity contribution in [3.8, 4) is 5.75 Å². The van der Waals surface area contributed by atoms with Gasteiger partial charge in [0.25, 0.3) is 0 Å². The van der Waals surface area contributed by atoms with Crippen molar-refractivity contribution in [2.45, 2.75) is 210 Å². The van der Waals surface area contributed by atoms with Crippen molar-refractivity contribution in [1.82, 2.24) is 50.2 Å². The summed E-state index contributed by atoms with van der Waals surface area (Å²) in [4.78, 5) is 164. The summed E-state index contributed by atoms with van der Waals surface area (Å²) < 4.78 is 0. The molecule has 0 fully saturated rings. The Bertz CT molecular complexity index is 2610. The van der Waals surface area contributed by atoms with Gasteiger partial charge in [-0.15, -0.1) is 0 Å². The number of hydrogen-bond donors (Lipinski definition) is 6. The van der Waals surface area contributed by atoms with Gasteiger partial charge in [-0.3, -0.25) is 52.7 Å². The highest BCUT2D eigenvalue weighted by Crippen LogP contribution is 2.26. The number of nitrogens with one attached hydrogen (secondary N) is 3. The van der Waals surface area contributed by atoms with Crippen LogP contribution in [0.1, 0.15) is 148 Å². The first-order chi connectivity index (χ1) is 41.6. The highest BCUT2D eigenvalue weighted by molar-refractivity contribution is 5.99.